The van der Waals surface area contributed by atoms with Crippen LogP contribution in [0.4, 0.5) is 0 Å². The molecule has 1 atom stereocenters. The first-order valence-corrected chi connectivity index (χ1v) is 8.49. The van der Waals surface area contributed by atoms with Crippen molar-refractivity contribution in [3.63, 3.8) is 0 Å². The van der Waals surface area contributed by atoms with Crippen LogP contribution in [-0.4, -0.2) is 37.4 Å². The molecule has 0 aliphatic carbocycles. The van der Waals surface area contributed by atoms with E-state index in [4.69, 9.17) is 9.26 Å². The van der Waals surface area contributed by atoms with Crippen molar-refractivity contribution in [2.75, 3.05) is 20.2 Å². The second-order valence-corrected chi connectivity index (χ2v) is 6.25. The number of aliphatic imine (C=N–C) groups is 1. The maximum absolute atomic E-state index is 5.75. The van der Waals surface area contributed by atoms with E-state index in [1.165, 1.54) is 0 Å². The Balaban J connectivity index is 0.00000529. The van der Waals surface area contributed by atoms with Crippen LogP contribution in [0.5, 0.6) is 0 Å². The molecule has 7 heteroatoms. The Morgan fingerprint density at radius 2 is 2.00 bits per heavy atom. The van der Waals surface area contributed by atoms with Crippen LogP contribution in [0.3, 0.4) is 0 Å². The van der Waals surface area contributed by atoms with E-state index in [0.29, 0.717) is 18.4 Å². The molecule has 0 fully saturated rings. The standard InChI is InChI=1S/C17H32N4O2.HI/c1-7-22-16(13(4)5)8-9-19-17(18-6)20-11-14-10-15(12(2)3)21-23-14;/h10,12-13,16H,7-9,11H2,1-6H3,(H2,18,19,20);1H. The van der Waals surface area contributed by atoms with Crippen molar-refractivity contribution >= 4 is 29.9 Å². The minimum atomic E-state index is 0. The number of halogens is 1. The Bertz CT molecular complexity index is 475. The largest absolute Gasteiger partial charge is 0.378 e. The highest BCUT2D eigenvalue weighted by molar-refractivity contribution is 14.0. The van der Waals surface area contributed by atoms with Gasteiger partial charge in [0.15, 0.2) is 11.7 Å². The van der Waals surface area contributed by atoms with Crippen LogP contribution in [0.15, 0.2) is 15.6 Å². The van der Waals surface area contributed by atoms with Gasteiger partial charge in [-0.05, 0) is 25.2 Å². The molecule has 2 N–H and O–H groups in total. The van der Waals surface area contributed by atoms with Crippen LogP contribution < -0.4 is 10.6 Å². The van der Waals surface area contributed by atoms with Crippen molar-refractivity contribution < 1.29 is 9.26 Å². The van der Waals surface area contributed by atoms with Gasteiger partial charge in [0.25, 0.3) is 0 Å². The van der Waals surface area contributed by atoms with Crippen LogP contribution in [-0.2, 0) is 11.3 Å². The van der Waals surface area contributed by atoms with Gasteiger partial charge >= 0.3 is 0 Å². The summed E-state index contributed by atoms with van der Waals surface area (Å²) < 4.78 is 11.1. The second-order valence-electron chi connectivity index (χ2n) is 6.25. The fourth-order valence-electron chi connectivity index (χ4n) is 2.23. The Hall–Kier alpha value is -0.830. The molecule has 24 heavy (non-hydrogen) atoms. The Labute approximate surface area is 163 Å². The van der Waals surface area contributed by atoms with Gasteiger partial charge in [0.2, 0.25) is 0 Å². The topological polar surface area (TPSA) is 71.7 Å². The van der Waals surface area contributed by atoms with Gasteiger partial charge in [0.05, 0.1) is 18.3 Å². The lowest BCUT2D eigenvalue weighted by atomic mass is 10.0. The first kappa shape index (κ1) is 23.2. The molecule has 0 amide bonds. The van der Waals surface area contributed by atoms with E-state index in [9.17, 15) is 0 Å². The van der Waals surface area contributed by atoms with Gasteiger partial charge in [-0.15, -0.1) is 24.0 Å². The average Bonchev–Trinajstić information content (AvgIpc) is 2.98. The predicted molar refractivity (Wildman–Crippen MR) is 109 cm³/mol. The third kappa shape index (κ3) is 8.32. The van der Waals surface area contributed by atoms with Crippen LogP contribution in [0.25, 0.3) is 0 Å². The SMILES string of the molecule is CCOC(CCNC(=NC)NCc1cc(C(C)C)no1)C(C)C.I. The van der Waals surface area contributed by atoms with Crippen LogP contribution in [0, 0.1) is 5.92 Å². The number of aromatic nitrogens is 1. The summed E-state index contributed by atoms with van der Waals surface area (Å²) in [4.78, 5) is 4.22. The van der Waals surface area contributed by atoms with Crippen molar-refractivity contribution in [1.29, 1.82) is 0 Å². The molecule has 1 rings (SSSR count). The number of guanidine groups is 1. The summed E-state index contributed by atoms with van der Waals surface area (Å²) in [5.74, 6) is 2.45. The van der Waals surface area contributed by atoms with E-state index >= 15 is 0 Å². The van der Waals surface area contributed by atoms with E-state index in [1.807, 2.05) is 13.0 Å². The number of hydrogen-bond acceptors (Lipinski definition) is 4. The van der Waals surface area contributed by atoms with E-state index < -0.39 is 0 Å². The Morgan fingerprint density at radius 1 is 1.29 bits per heavy atom. The molecule has 6 nitrogen and oxygen atoms in total. The summed E-state index contributed by atoms with van der Waals surface area (Å²) in [6, 6.07) is 1.98. The van der Waals surface area contributed by atoms with Crippen molar-refractivity contribution in [3.8, 4) is 0 Å². The van der Waals surface area contributed by atoms with E-state index in [0.717, 1.165) is 37.0 Å². The Morgan fingerprint density at radius 3 is 2.50 bits per heavy atom. The zero-order valence-corrected chi connectivity index (χ0v) is 18.1. The van der Waals surface area contributed by atoms with E-state index in [-0.39, 0.29) is 30.1 Å². The van der Waals surface area contributed by atoms with E-state index in [2.05, 4.69) is 48.5 Å². The maximum atomic E-state index is 5.75. The molecule has 0 radical (unpaired) electrons. The number of hydrogen-bond donors (Lipinski definition) is 2. The molecule has 0 spiro atoms. The fraction of sp³-hybridized carbons (Fsp3) is 0.765. The first-order chi connectivity index (χ1) is 11.0. The Kier molecular flexibility index (Phi) is 12.1. The summed E-state index contributed by atoms with van der Waals surface area (Å²) in [5.41, 5.74) is 0.973. The molecule has 0 aliphatic heterocycles. The lowest BCUT2D eigenvalue weighted by Gasteiger charge is -2.21. The highest BCUT2D eigenvalue weighted by Crippen LogP contribution is 2.13. The van der Waals surface area contributed by atoms with Crippen molar-refractivity contribution in [3.05, 3.63) is 17.5 Å². The molecule has 1 aromatic rings. The monoisotopic (exact) mass is 452 g/mol. The van der Waals surface area contributed by atoms with Gasteiger partial charge in [0.1, 0.15) is 0 Å². The third-order valence-electron chi connectivity index (χ3n) is 3.67. The highest BCUT2D eigenvalue weighted by atomic mass is 127. The van der Waals surface area contributed by atoms with Crippen molar-refractivity contribution in [2.24, 2.45) is 10.9 Å². The molecular formula is C17H33IN4O2. The summed E-state index contributed by atoms with van der Waals surface area (Å²) in [5, 5.41) is 10.6. The second kappa shape index (κ2) is 12.5. The molecule has 0 bridgehead atoms. The highest BCUT2D eigenvalue weighted by Gasteiger charge is 2.13. The van der Waals surface area contributed by atoms with Crippen molar-refractivity contribution in [2.45, 2.75) is 59.6 Å². The first-order valence-electron chi connectivity index (χ1n) is 8.49. The summed E-state index contributed by atoms with van der Waals surface area (Å²) in [6.07, 6.45) is 1.22. The molecule has 1 aromatic heterocycles. The number of nitrogens with one attached hydrogen (secondary N) is 2. The third-order valence-corrected chi connectivity index (χ3v) is 3.67. The minimum absolute atomic E-state index is 0. The van der Waals surface area contributed by atoms with Gasteiger partial charge in [-0.1, -0.05) is 32.9 Å². The molecule has 0 saturated heterocycles. The lowest BCUT2D eigenvalue weighted by molar-refractivity contribution is 0.0258. The van der Waals surface area contributed by atoms with Gasteiger partial charge in [-0.3, -0.25) is 4.99 Å². The molecule has 0 aromatic carbocycles. The quantitative estimate of drug-likeness (QED) is 0.341. The van der Waals surface area contributed by atoms with E-state index in [1.54, 1.807) is 7.05 Å². The maximum Gasteiger partial charge on any atom is 0.191 e. The average molecular weight is 452 g/mol. The number of ether oxygens (including phenoxy) is 1. The lowest BCUT2D eigenvalue weighted by Crippen LogP contribution is -2.38. The predicted octanol–water partition coefficient (Wildman–Crippen LogP) is 3.53. The van der Waals surface area contributed by atoms with Crippen molar-refractivity contribution in [1.82, 2.24) is 15.8 Å². The van der Waals surface area contributed by atoms with Crippen LogP contribution >= 0.6 is 24.0 Å². The fourth-order valence-corrected chi connectivity index (χ4v) is 2.23. The van der Waals surface area contributed by atoms with Crippen LogP contribution in [0.2, 0.25) is 0 Å². The number of rotatable bonds is 9. The van der Waals surface area contributed by atoms with Gasteiger partial charge in [0, 0.05) is 26.3 Å². The molecule has 1 heterocycles. The molecule has 0 saturated carbocycles. The molecule has 140 valence electrons. The smallest absolute Gasteiger partial charge is 0.191 e. The van der Waals surface area contributed by atoms with Crippen LogP contribution in [0.1, 0.15) is 58.4 Å². The normalized spacial score (nSPS) is 13.1. The zero-order chi connectivity index (χ0) is 17.2. The minimum Gasteiger partial charge on any atom is -0.378 e. The number of nitrogens with zero attached hydrogens (tertiary/aromatic N) is 2. The van der Waals surface area contributed by atoms with Gasteiger partial charge in [-0.2, -0.15) is 0 Å². The summed E-state index contributed by atoms with van der Waals surface area (Å²) in [6.45, 7) is 12.7. The van der Waals surface area contributed by atoms with Gasteiger partial charge in [-0.25, -0.2) is 0 Å². The summed E-state index contributed by atoms with van der Waals surface area (Å²) >= 11 is 0. The zero-order valence-electron chi connectivity index (χ0n) is 15.8. The molecule has 1 unspecified atom stereocenters. The molecular weight excluding hydrogens is 419 g/mol. The summed E-state index contributed by atoms with van der Waals surface area (Å²) in [7, 11) is 1.76. The molecule has 0 aliphatic rings. The van der Waals surface area contributed by atoms with Gasteiger partial charge < -0.3 is 19.9 Å².